The van der Waals surface area contributed by atoms with Crippen molar-refractivity contribution in [3.63, 3.8) is 0 Å². The summed E-state index contributed by atoms with van der Waals surface area (Å²) in [6, 6.07) is 9.07. The fraction of sp³-hybridized carbons (Fsp3) is 0.318. The smallest absolute Gasteiger partial charge is 0.416 e. The Morgan fingerprint density at radius 3 is 2.47 bits per heavy atom. The van der Waals surface area contributed by atoms with Crippen LogP contribution in [0.15, 0.2) is 48.5 Å². The minimum Gasteiger partial charge on any atom is -0.465 e. The minimum absolute atomic E-state index is 0.0504. The van der Waals surface area contributed by atoms with E-state index in [0.29, 0.717) is 30.6 Å². The average molecular weight is 449 g/mol. The molecule has 10 heteroatoms. The number of hydrogen-bond acceptors (Lipinski definition) is 4. The number of likely N-dealkylation sites (tertiary alicyclic amines) is 1. The van der Waals surface area contributed by atoms with Crippen LogP contribution >= 0.6 is 0 Å². The van der Waals surface area contributed by atoms with Gasteiger partial charge in [0.2, 0.25) is 5.91 Å². The van der Waals surface area contributed by atoms with Crippen LogP contribution in [0.5, 0.6) is 0 Å². The molecule has 0 bridgehead atoms. The second kappa shape index (κ2) is 9.71. The summed E-state index contributed by atoms with van der Waals surface area (Å²) in [7, 11) is 1.25. The summed E-state index contributed by atoms with van der Waals surface area (Å²) in [5.41, 5.74) is 0.0621. The number of carbonyl (C=O) groups is 3. The molecule has 2 N–H and O–H groups in total. The summed E-state index contributed by atoms with van der Waals surface area (Å²) in [4.78, 5) is 37.6. The molecule has 1 heterocycles. The Bertz CT molecular complexity index is 993. The number of hydrogen-bond donors (Lipinski definition) is 2. The molecule has 3 amide bonds. The first-order chi connectivity index (χ1) is 15.2. The van der Waals surface area contributed by atoms with Crippen molar-refractivity contribution in [2.45, 2.75) is 25.1 Å². The van der Waals surface area contributed by atoms with Gasteiger partial charge in [0.25, 0.3) is 0 Å². The second-order valence-corrected chi connectivity index (χ2v) is 7.29. The number of methoxy groups -OCH3 is 1. The zero-order valence-corrected chi connectivity index (χ0v) is 17.2. The van der Waals surface area contributed by atoms with E-state index in [2.05, 4.69) is 15.4 Å². The number of anilines is 1. The summed E-state index contributed by atoms with van der Waals surface area (Å²) in [6.07, 6.45) is -3.51. The van der Waals surface area contributed by atoms with Gasteiger partial charge in [-0.1, -0.05) is 12.1 Å². The fourth-order valence-corrected chi connectivity index (χ4v) is 3.42. The molecule has 1 aliphatic rings. The third-order valence-corrected chi connectivity index (χ3v) is 5.06. The van der Waals surface area contributed by atoms with Crippen molar-refractivity contribution >= 4 is 23.6 Å². The van der Waals surface area contributed by atoms with E-state index in [-0.39, 0.29) is 18.0 Å². The zero-order valence-electron chi connectivity index (χ0n) is 17.2. The maximum absolute atomic E-state index is 13.2. The molecule has 0 saturated carbocycles. The van der Waals surface area contributed by atoms with Gasteiger partial charge in [-0.25, -0.2) is 9.59 Å². The number of esters is 1. The maximum Gasteiger partial charge on any atom is 0.416 e. The molecule has 3 rings (SSSR count). The molecule has 32 heavy (non-hydrogen) atoms. The summed E-state index contributed by atoms with van der Waals surface area (Å²) in [5, 5.41) is 5.23. The number of rotatable bonds is 6. The van der Waals surface area contributed by atoms with Gasteiger partial charge in [0.15, 0.2) is 0 Å². The highest BCUT2D eigenvalue weighted by molar-refractivity contribution is 5.92. The lowest BCUT2D eigenvalue weighted by molar-refractivity contribution is -0.137. The number of urea groups is 1. The van der Waals surface area contributed by atoms with E-state index in [1.807, 2.05) is 0 Å². The van der Waals surface area contributed by atoms with E-state index < -0.39 is 29.8 Å². The predicted octanol–water partition coefficient (Wildman–Crippen LogP) is 3.98. The van der Waals surface area contributed by atoms with E-state index in [1.54, 1.807) is 0 Å². The highest BCUT2D eigenvalue weighted by Crippen LogP contribution is 2.31. The maximum atomic E-state index is 13.2. The molecule has 2 aromatic rings. The van der Waals surface area contributed by atoms with E-state index >= 15 is 0 Å². The molecule has 0 aliphatic carbocycles. The normalized spacial score (nSPS) is 14.8. The molecule has 1 saturated heterocycles. The largest absolute Gasteiger partial charge is 0.465 e. The van der Waals surface area contributed by atoms with Gasteiger partial charge in [-0.3, -0.25) is 4.79 Å². The van der Waals surface area contributed by atoms with Crippen LogP contribution in [0.25, 0.3) is 0 Å². The van der Waals surface area contributed by atoms with Gasteiger partial charge < -0.3 is 20.3 Å². The number of halogens is 3. The van der Waals surface area contributed by atoms with Gasteiger partial charge in [0, 0.05) is 25.2 Å². The Hall–Kier alpha value is -3.56. The van der Waals surface area contributed by atoms with Crippen LogP contribution in [0, 0.1) is 0 Å². The average Bonchev–Trinajstić information content (AvgIpc) is 3.17. The van der Waals surface area contributed by atoms with Crippen LogP contribution in [0.4, 0.5) is 23.7 Å². The Kier molecular flexibility index (Phi) is 7.01. The molecule has 1 fully saturated rings. The van der Waals surface area contributed by atoms with Gasteiger partial charge in [-0.15, -0.1) is 0 Å². The van der Waals surface area contributed by atoms with Crippen molar-refractivity contribution in [3.05, 3.63) is 65.2 Å². The molecule has 0 aromatic heterocycles. The highest BCUT2D eigenvalue weighted by atomic mass is 19.4. The zero-order chi connectivity index (χ0) is 23.3. The number of carbonyl (C=O) groups excluding carboxylic acids is 3. The molecule has 0 spiro atoms. The number of ether oxygens (including phenoxy) is 1. The van der Waals surface area contributed by atoms with Gasteiger partial charge in [-0.05, 0) is 48.4 Å². The lowest BCUT2D eigenvalue weighted by Crippen LogP contribution is -2.40. The monoisotopic (exact) mass is 449 g/mol. The summed E-state index contributed by atoms with van der Waals surface area (Å²) in [5.74, 6) is -0.636. The second-order valence-electron chi connectivity index (χ2n) is 7.29. The third-order valence-electron chi connectivity index (χ3n) is 5.06. The summed E-state index contributed by atoms with van der Waals surface area (Å²) < 4.78 is 44.1. The third kappa shape index (κ3) is 5.77. The van der Waals surface area contributed by atoms with Crippen molar-refractivity contribution in [1.82, 2.24) is 10.2 Å². The Balaban J connectivity index is 1.77. The molecule has 0 unspecified atom stereocenters. The van der Waals surface area contributed by atoms with Crippen LogP contribution < -0.4 is 10.6 Å². The summed E-state index contributed by atoms with van der Waals surface area (Å²) >= 11 is 0. The van der Waals surface area contributed by atoms with E-state index in [0.717, 1.165) is 12.1 Å². The van der Waals surface area contributed by atoms with Crippen LogP contribution in [-0.2, 0) is 15.7 Å². The minimum atomic E-state index is -4.53. The van der Waals surface area contributed by atoms with Crippen molar-refractivity contribution < 1.29 is 32.3 Å². The van der Waals surface area contributed by atoms with E-state index in [1.165, 1.54) is 48.4 Å². The Morgan fingerprint density at radius 1 is 1.16 bits per heavy atom. The topological polar surface area (TPSA) is 87.7 Å². The molecule has 0 radical (unpaired) electrons. The number of amides is 3. The number of alkyl halides is 3. The van der Waals surface area contributed by atoms with Crippen LogP contribution in [-0.4, -0.2) is 43.0 Å². The van der Waals surface area contributed by atoms with Crippen LogP contribution in [0.2, 0.25) is 0 Å². The SMILES string of the molecule is COC(=O)c1ccc(NC(=O)N[C@H](CN2CCCC2=O)c2cccc(C(F)(F)F)c2)cc1. The van der Waals surface area contributed by atoms with Crippen LogP contribution in [0.1, 0.15) is 40.4 Å². The summed E-state index contributed by atoms with van der Waals surface area (Å²) in [6.45, 7) is 0.529. The standard InChI is InChI=1S/C22H22F3N3O4/c1-32-20(30)14-7-9-17(10-8-14)26-21(31)27-18(13-28-11-3-6-19(28)29)15-4-2-5-16(12-15)22(23,24)25/h2,4-5,7-10,12,18H,3,6,11,13H2,1H3,(H2,26,27,31)/t18-/m1/s1. The number of nitrogens with zero attached hydrogens (tertiary/aromatic N) is 1. The molecule has 1 atom stereocenters. The Morgan fingerprint density at radius 2 is 1.88 bits per heavy atom. The number of nitrogens with one attached hydrogen (secondary N) is 2. The first-order valence-electron chi connectivity index (χ1n) is 9.88. The quantitative estimate of drug-likeness (QED) is 0.654. The van der Waals surface area contributed by atoms with Gasteiger partial charge >= 0.3 is 18.2 Å². The molecule has 7 nitrogen and oxygen atoms in total. The highest BCUT2D eigenvalue weighted by Gasteiger charge is 2.32. The molecular weight excluding hydrogens is 427 g/mol. The van der Waals surface area contributed by atoms with E-state index in [9.17, 15) is 27.6 Å². The lowest BCUT2D eigenvalue weighted by Gasteiger charge is -2.26. The molecule has 170 valence electrons. The van der Waals surface area contributed by atoms with Gasteiger partial charge in [-0.2, -0.15) is 13.2 Å². The van der Waals surface area contributed by atoms with Crippen molar-refractivity contribution in [2.24, 2.45) is 0 Å². The predicted molar refractivity (Wildman–Crippen MR) is 110 cm³/mol. The van der Waals surface area contributed by atoms with Crippen molar-refractivity contribution in [1.29, 1.82) is 0 Å². The molecule has 1 aliphatic heterocycles. The van der Waals surface area contributed by atoms with Crippen molar-refractivity contribution in [2.75, 3.05) is 25.5 Å². The van der Waals surface area contributed by atoms with Gasteiger partial charge in [0.1, 0.15) is 0 Å². The Labute approximate surface area is 182 Å². The number of benzene rings is 2. The molecular formula is C22H22F3N3O4. The van der Waals surface area contributed by atoms with Crippen LogP contribution in [0.3, 0.4) is 0 Å². The molecule has 2 aromatic carbocycles. The fourth-order valence-electron chi connectivity index (χ4n) is 3.42. The first kappa shape index (κ1) is 23.1. The van der Waals surface area contributed by atoms with Crippen molar-refractivity contribution in [3.8, 4) is 0 Å². The van der Waals surface area contributed by atoms with Gasteiger partial charge in [0.05, 0.1) is 24.3 Å². The van der Waals surface area contributed by atoms with E-state index in [4.69, 9.17) is 0 Å². The lowest BCUT2D eigenvalue weighted by atomic mass is 10.0. The first-order valence-corrected chi connectivity index (χ1v) is 9.88.